The van der Waals surface area contributed by atoms with Gasteiger partial charge in [0.2, 0.25) is 5.91 Å². The van der Waals surface area contributed by atoms with E-state index in [-0.39, 0.29) is 5.91 Å². The minimum Gasteiger partial charge on any atom is -0.457 e. The number of rotatable bonds is 5. The van der Waals surface area contributed by atoms with Gasteiger partial charge in [0.15, 0.2) is 0 Å². The molecule has 0 fully saturated rings. The third-order valence-electron chi connectivity index (χ3n) is 4.92. The molecule has 0 bridgehead atoms. The first kappa shape index (κ1) is 21.5. The van der Waals surface area contributed by atoms with E-state index in [2.05, 4.69) is 16.4 Å². The molecule has 2 aromatic heterocycles. The van der Waals surface area contributed by atoms with Crippen LogP contribution < -0.4 is 5.32 Å². The molecule has 2 heterocycles. The number of benzene rings is 3. The topological polar surface area (TPSA) is 55.1 Å². The number of thiazole rings is 1. The Morgan fingerprint density at radius 2 is 1.79 bits per heavy atom. The number of aromatic nitrogens is 1. The minimum absolute atomic E-state index is 0.259. The van der Waals surface area contributed by atoms with Crippen molar-refractivity contribution in [2.24, 2.45) is 0 Å². The fourth-order valence-electron chi connectivity index (χ4n) is 3.31. The van der Waals surface area contributed by atoms with Gasteiger partial charge in [-0.3, -0.25) is 4.79 Å². The molecule has 4 nitrogen and oxygen atoms in total. The lowest BCUT2D eigenvalue weighted by Crippen LogP contribution is -2.07. The molecule has 1 amide bonds. The molecular formula is C26H16Cl2N2O2S. The summed E-state index contributed by atoms with van der Waals surface area (Å²) in [5, 5.41) is 4.85. The molecule has 5 rings (SSSR count). The van der Waals surface area contributed by atoms with Crippen molar-refractivity contribution in [2.45, 2.75) is 0 Å². The third-order valence-corrected chi connectivity index (χ3v) is 6.55. The van der Waals surface area contributed by atoms with Gasteiger partial charge in [0.05, 0.1) is 15.2 Å². The Kier molecular flexibility index (Phi) is 6.01. The first-order valence-electron chi connectivity index (χ1n) is 10.1. The van der Waals surface area contributed by atoms with Gasteiger partial charge in [-0.25, -0.2) is 4.98 Å². The molecular weight excluding hydrogens is 475 g/mol. The minimum atomic E-state index is -0.259. The normalized spacial score (nSPS) is 11.3. The van der Waals surface area contributed by atoms with Gasteiger partial charge in [0.25, 0.3) is 0 Å². The maximum Gasteiger partial charge on any atom is 0.248 e. The van der Waals surface area contributed by atoms with Crippen molar-refractivity contribution in [3.8, 4) is 21.9 Å². The lowest BCUT2D eigenvalue weighted by molar-refractivity contribution is -0.111. The van der Waals surface area contributed by atoms with Crippen molar-refractivity contribution in [3.05, 3.63) is 101 Å². The van der Waals surface area contributed by atoms with E-state index < -0.39 is 0 Å². The molecule has 0 aliphatic carbocycles. The highest BCUT2D eigenvalue weighted by Gasteiger charge is 2.09. The van der Waals surface area contributed by atoms with Crippen molar-refractivity contribution in [2.75, 3.05) is 5.32 Å². The standard InChI is InChI=1S/C26H16Cl2N2O2S/c27-17-7-12-20(21(28)15-17)23-13-10-19(32-23)11-14-25(31)29-18-8-5-16(6-9-18)26-30-22-3-1-2-4-24(22)33-26/h1-15H,(H,29,31)/b14-11+. The average Bonchev–Trinajstić information content (AvgIpc) is 3.45. The highest BCUT2D eigenvalue weighted by molar-refractivity contribution is 7.21. The van der Waals surface area contributed by atoms with Gasteiger partial charge in [-0.05, 0) is 72.8 Å². The molecule has 7 heteroatoms. The number of nitrogens with one attached hydrogen (secondary N) is 1. The summed E-state index contributed by atoms with van der Waals surface area (Å²) >= 11 is 13.8. The molecule has 3 aromatic carbocycles. The maximum atomic E-state index is 12.3. The molecule has 0 atom stereocenters. The number of carbonyl (C=O) groups is 1. The van der Waals surface area contributed by atoms with Crippen LogP contribution in [0.1, 0.15) is 5.76 Å². The van der Waals surface area contributed by atoms with Crippen LogP contribution in [0.4, 0.5) is 5.69 Å². The van der Waals surface area contributed by atoms with Gasteiger partial charge in [-0.15, -0.1) is 11.3 Å². The molecule has 0 saturated heterocycles. The zero-order valence-electron chi connectivity index (χ0n) is 17.1. The Balaban J connectivity index is 1.24. The summed E-state index contributed by atoms with van der Waals surface area (Å²) in [7, 11) is 0. The van der Waals surface area contributed by atoms with E-state index in [4.69, 9.17) is 27.6 Å². The maximum absolute atomic E-state index is 12.3. The van der Waals surface area contributed by atoms with Crippen LogP contribution in [0, 0.1) is 0 Å². The number of hydrogen-bond acceptors (Lipinski definition) is 4. The Bertz CT molecular complexity index is 1450. The van der Waals surface area contributed by atoms with Gasteiger partial charge in [-0.2, -0.15) is 0 Å². The van der Waals surface area contributed by atoms with Crippen LogP contribution in [0.2, 0.25) is 10.0 Å². The zero-order valence-corrected chi connectivity index (χ0v) is 19.4. The monoisotopic (exact) mass is 490 g/mol. The number of para-hydroxylation sites is 1. The van der Waals surface area contributed by atoms with Crippen molar-refractivity contribution in [3.63, 3.8) is 0 Å². The van der Waals surface area contributed by atoms with Crippen molar-refractivity contribution in [1.82, 2.24) is 4.98 Å². The first-order valence-corrected chi connectivity index (χ1v) is 11.6. The molecule has 162 valence electrons. The second kappa shape index (κ2) is 9.24. The number of furan rings is 1. The number of hydrogen-bond donors (Lipinski definition) is 1. The van der Waals surface area contributed by atoms with Gasteiger partial charge in [-0.1, -0.05) is 35.3 Å². The van der Waals surface area contributed by atoms with Crippen LogP contribution in [0.15, 0.2) is 89.4 Å². The lowest BCUT2D eigenvalue weighted by atomic mass is 10.2. The van der Waals surface area contributed by atoms with Crippen LogP contribution >= 0.6 is 34.5 Å². The van der Waals surface area contributed by atoms with Crippen molar-refractivity contribution in [1.29, 1.82) is 0 Å². The molecule has 5 aromatic rings. The van der Waals surface area contributed by atoms with Gasteiger partial charge < -0.3 is 9.73 Å². The molecule has 0 aliphatic rings. The smallest absolute Gasteiger partial charge is 0.248 e. The number of anilines is 1. The van der Waals surface area contributed by atoms with Gasteiger partial charge in [0.1, 0.15) is 16.5 Å². The van der Waals surface area contributed by atoms with Gasteiger partial charge in [0, 0.05) is 27.9 Å². The van der Waals surface area contributed by atoms with Gasteiger partial charge >= 0.3 is 0 Å². The second-order valence-corrected chi connectivity index (χ2v) is 9.09. The van der Waals surface area contributed by atoms with E-state index in [1.165, 1.54) is 6.08 Å². The third kappa shape index (κ3) is 4.86. The molecule has 0 radical (unpaired) electrons. The predicted molar refractivity (Wildman–Crippen MR) is 137 cm³/mol. The van der Waals surface area contributed by atoms with Crippen LogP contribution in [0.3, 0.4) is 0 Å². The van der Waals surface area contributed by atoms with Crippen LogP contribution in [-0.2, 0) is 4.79 Å². The average molecular weight is 491 g/mol. The highest BCUT2D eigenvalue weighted by atomic mass is 35.5. The first-order chi connectivity index (χ1) is 16.0. The quantitative estimate of drug-likeness (QED) is 0.252. The van der Waals surface area contributed by atoms with Crippen LogP contribution in [0.25, 0.3) is 38.2 Å². The Hall–Kier alpha value is -3.38. The van der Waals surface area contributed by atoms with Crippen molar-refractivity contribution >= 4 is 62.4 Å². The number of carbonyl (C=O) groups excluding carboxylic acids is 1. The summed E-state index contributed by atoms with van der Waals surface area (Å²) in [6.07, 6.45) is 3.03. The number of fused-ring (bicyclic) bond motifs is 1. The lowest BCUT2D eigenvalue weighted by Gasteiger charge is -2.03. The van der Waals surface area contributed by atoms with Crippen LogP contribution in [0.5, 0.6) is 0 Å². The zero-order chi connectivity index (χ0) is 22.8. The van der Waals surface area contributed by atoms with E-state index in [0.717, 1.165) is 26.4 Å². The molecule has 1 N–H and O–H groups in total. The van der Waals surface area contributed by atoms with E-state index in [1.54, 1.807) is 47.7 Å². The summed E-state index contributed by atoms with van der Waals surface area (Å²) in [4.78, 5) is 17.0. The highest BCUT2D eigenvalue weighted by Crippen LogP contribution is 2.32. The second-order valence-electron chi connectivity index (χ2n) is 7.21. The number of amides is 1. The van der Waals surface area contributed by atoms with E-state index in [9.17, 15) is 4.79 Å². The van der Waals surface area contributed by atoms with E-state index in [1.807, 2.05) is 42.5 Å². The molecule has 0 unspecified atom stereocenters. The Labute approximate surface area is 204 Å². The summed E-state index contributed by atoms with van der Waals surface area (Å²) < 4.78 is 6.93. The van der Waals surface area contributed by atoms with E-state index in [0.29, 0.717) is 27.3 Å². The van der Waals surface area contributed by atoms with E-state index >= 15 is 0 Å². The SMILES string of the molecule is O=C(/C=C/c1ccc(-c2ccc(Cl)cc2Cl)o1)Nc1ccc(-c2nc3ccccc3s2)cc1. The summed E-state index contributed by atoms with van der Waals surface area (Å²) in [5.74, 6) is 0.879. The number of halogens is 2. The van der Waals surface area contributed by atoms with Crippen LogP contribution in [-0.4, -0.2) is 10.9 Å². The molecule has 0 spiro atoms. The van der Waals surface area contributed by atoms with Crippen molar-refractivity contribution < 1.29 is 9.21 Å². The Morgan fingerprint density at radius 3 is 2.58 bits per heavy atom. The fourth-order valence-corrected chi connectivity index (χ4v) is 4.78. The molecule has 33 heavy (non-hydrogen) atoms. The summed E-state index contributed by atoms with van der Waals surface area (Å²) in [5.41, 5.74) is 3.43. The molecule has 0 saturated carbocycles. The largest absolute Gasteiger partial charge is 0.457 e. The summed E-state index contributed by atoms with van der Waals surface area (Å²) in [6, 6.07) is 24.4. The fraction of sp³-hybridized carbons (Fsp3) is 0. The Morgan fingerprint density at radius 1 is 0.970 bits per heavy atom. The number of nitrogens with zero attached hydrogens (tertiary/aromatic N) is 1. The molecule has 0 aliphatic heterocycles. The predicted octanol–water partition coefficient (Wildman–Crippen LogP) is 8.18. The summed E-state index contributed by atoms with van der Waals surface area (Å²) in [6.45, 7) is 0.